The molecule has 0 unspecified atom stereocenters. The molecule has 4 rings (SSSR count). The molecular formula is C20H19ClN2O2S. The smallest absolute Gasteiger partial charge is 0.271 e. The molecule has 0 spiro atoms. The highest BCUT2D eigenvalue weighted by molar-refractivity contribution is 7.99. The molecule has 0 bridgehead atoms. The summed E-state index contributed by atoms with van der Waals surface area (Å²) in [5.41, 5.74) is 2.79. The molecule has 134 valence electrons. The van der Waals surface area contributed by atoms with Gasteiger partial charge in [-0.1, -0.05) is 35.5 Å². The number of nitrogens with one attached hydrogen (secondary N) is 1. The van der Waals surface area contributed by atoms with E-state index in [0.29, 0.717) is 37.0 Å². The van der Waals surface area contributed by atoms with Crippen LogP contribution >= 0.6 is 23.4 Å². The molecule has 26 heavy (non-hydrogen) atoms. The van der Waals surface area contributed by atoms with Crippen LogP contribution in [0.1, 0.15) is 16.1 Å². The predicted octanol–water partition coefficient (Wildman–Crippen LogP) is 4.75. The number of rotatable bonds is 3. The first-order valence-electron chi connectivity index (χ1n) is 8.54. The number of aromatic amines is 1. The summed E-state index contributed by atoms with van der Waals surface area (Å²) in [7, 11) is 0. The number of H-pyrrole nitrogens is 1. The fourth-order valence-corrected chi connectivity index (χ4v) is 4.25. The zero-order chi connectivity index (χ0) is 18.1. The van der Waals surface area contributed by atoms with Crippen LogP contribution in [0.3, 0.4) is 0 Å². The van der Waals surface area contributed by atoms with Gasteiger partial charge in [-0.15, -0.1) is 0 Å². The van der Waals surface area contributed by atoms with E-state index in [-0.39, 0.29) is 5.91 Å². The first kappa shape index (κ1) is 17.5. The van der Waals surface area contributed by atoms with Gasteiger partial charge < -0.3 is 14.6 Å². The maximum absolute atomic E-state index is 13.1. The highest BCUT2D eigenvalue weighted by atomic mass is 35.5. The highest BCUT2D eigenvalue weighted by Gasteiger charge is 2.25. The lowest BCUT2D eigenvalue weighted by molar-refractivity contribution is 0.0297. The Hall–Kier alpha value is -1.95. The van der Waals surface area contributed by atoms with Crippen LogP contribution in [-0.2, 0) is 4.74 Å². The Morgan fingerprint density at radius 1 is 1.15 bits per heavy atom. The molecule has 2 aromatic carbocycles. The summed E-state index contributed by atoms with van der Waals surface area (Å²) in [5, 5.41) is 1.76. The van der Waals surface area contributed by atoms with E-state index in [9.17, 15) is 4.79 Å². The lowest BCUT2D eigenvalue weighted by Crippen LogP contribution is -2.41. The molecule has 0 aliphatic carbocycles. The molecule has 1 fully saturated rings. The number of ether oxygens (including phenoxy) is 1. The molecule has 2 heterocycles. The van der Waals surface area contributed by atoms with Gasteiger partial charge in [0.15, 0.2) is 0 Å². The van der Waals surface area contributed by atoms with Crippen LogP contribution in [0.15, 0.2) is 52.3 Å². The second-order valence-electron chi connectivity index (χ2n) is 6.34. The molecule has 6 heteroatoms. The number of fused-ring (bicyclic) bond motifs is 1. The molecule has 0 radical (unpaired) electrons. The zero-order valence-corrected chi connectivity index (χ0v) is 16.0. The van der Waals surface area contributed by atoms with Crippen LogP contribution in [0.2, 0.25) is 5.02 Å². The lowest BCUT2D eigenvalue weighted by atomic mass is 10.2. The minimum absolute atomic E-state index is 0.0265. The van der Waals surface area contributed by atoms with Crippen LogP contribution in [0, 0.1) is 6.92 Å². The second-order valence-corrected chi connectivity index (χ2v) is 7.86. The van der Waals surface area contributed by atoms with Crippen molar-refractivity contribution in [2.45, 2.75) is 16.7 Å². The molecule has 4 nitrogen and oxygen atoms in total. The van der Waals surface area contributed by atoms with E-state index in [4.69, 9.17) is 16.3 Å². The Labute approximate surface area is 161 Å². The third-order valence-electron chi connectivity index (χ3n) is 4.45. The summed E-state index contributed by atoms with van der Waals surface area (Å²) in [6.45, 7) is 4.47. The number of aryl methyl sites for hydroxylation is 1. The number of nitrogens with zero attached hydrogens (tertiary/aromatic N) is 1. The topological polar surface area (TPSA) is 45.3 Å². The van der Waals surface area contributed by atoms with E-state index < -0.39 is 0 Å². The maximum atomic E-state index is 13.1. The van der Waals surface area contributed by atoms with Gasteiger partial charge in [0.05, 0.1) is 18.1 Å². The summed E-state index contributed by atoms with van der Waals surface area (Å²) in [6.07, 6.45) is 0. The number of benzene rings is 2. The van der Waals surface area contributed by atoms with E-state index in [1.54, 1.807) is 11.8 Å². The fourth-order valence-electron chi connectivity index (χ4n) is 3.09. The van der Waals surface area contributed by atoms with Crippen molar-refractivity contribution in [3.8, 4) is 0 Å². The second kappa shape index (κ2) is 7.35. The van der Waals surface area contributed by atoms with Gasteiger partial charge >= 0.3 is 0 Å². The maximum Gasteiger partial charge on any atom is 0.271 e. The molecule has 0 saturated carbocycles. The molecule has 1 amide bonds. The third-order valence-corrected chi connectivity index (χ3v) is 5.84. The molecule has 1 aliphatic heterocycles. The average Bonchev–Trinajstić information content (AvgIpc) is 3.01. The summed E-state index contributed by atoms with van der Waals surface area (Å²) in [6, 6.07) is 13.9. The van der Waals surface area contributed by atoms with E-state index in [0.717, 1.165) is 26.3 Å². The van der Waals surface area contributed by atoms with Gasteiger partial charge in [0.2, 0.25) is 0 Å². The molecule has 1 N–H and O–H groups in total. The van der Waals surface area contributed by atoms with Crippen molar-refractivity contribution in [3.63, 3.8) is 0 Å². The number of carbonyl (C=O) groups excluding carboxylic acids is 1. The molecule has 1 saturated heterocycles. The molecule has 1 aliphatic rings. The third kappa shape index (κ3) is 3.47. The van der Waals surface area contributed by atoms with Crippen LogP contribution in [-0.4, -0.2) is 42.1 Å². The summed E-state index contributed by atoms with van der Waals surface area (Å²) in [4.78, 5) is 20.3. The first-order chi connectivity index (χ1) is 12.6. The van der Waals surface area contributed by atoms with Crippen molar-refractivity contribution in [1.29, 1.82) is 0 Å². The molecule has 0 atom stereocenters. The van der Waals surface area contributed by atoms with Crippen molar-refractivity contribution in [2.75, 3.05) is 26.3 Å². The van der Waals surface area contributed by atoms with E-state index in [2.05, 4.69) is 30.1 Å². The largest absolute Gasteiger partial charge is 0.378 e. The van der Waals surface area contributed by atoms with E-state index >= 15 is 0 Å². The van der Waals surface area contributed by atoms with Gasteiger partial charge in [-0.25, -0.2) is 0 Å². The van der Waals surface area contributed by atoms with E-state index in [1.165, 1.54) is 0 Å². The number of hydrogen-bond donors (Lipinski definition) is 1. The van der Waals surface area contributed by atoms with Gasteiger partial charge in [-0.05, 0) is 42.8 Å². The monoisotopic (exact) mass is 386 g/mol. The number of carbonyl (C=O) groups is 1. The van der Waals surface area contributed by atoms with Crippen LogP contribution in [0.4, 0.5) is 0 Å². The fraction of sp³-hybridized carbons (Fsp3) is 0.250. The number of halogens is 1. The minimum atomic E-state index is 0.0265. The van der Waals surface area contributed by atoms with Gasteiger partial charge in [-0.3, -0.25) is 4.79 Å². The Kier molecular flexibility index (Phi) is 4.94. The number of morpholine rings is 1. The van der Waals surface area contributed by atoms with Gasteiger partial charge in [0, 0.05) is 33.9 Å². The Morgan fingerprint density at radius 3 is 2.62 bits per heavy atom. The van der Waals surface area contributed by atoms with Crippen LogP contribution in [0.5, 0.6) is 0 Å². The summed E-state index contributed by atoms with van der Waals surface area (Å²) >= 11 is 7.59. The van der Waals surface area contributed by atoms with Gasteiger partial charge in [0.1, 0.15) is 5.69 Å². The molecular weight excluding hydrogens is 368 g/mol. The Bertz CT molecular complexity index is 946. The van der Waals surface area contributed by atoms with Crippen LogP contribution in [0.25, 0.3) is 10.9 Å². The average molecular weight is 387 g/mol. The van der Waals surface area contributed by atoms with E-state index in [1.807, 2.05) is 29.2 Å². The standard InChI is InChI=1S/C20H19ClN2O2S/c1-13-2-7-16-17(12-13)22-18(20(24)23-8-10-25-11-9-23)19(16)26-15-5-3-14(21)4-6-15/h2-7,12,22H,8-11H2,1H3. The van der Waals surface area contributed by atoms with Crippen molar-refractivity contribution >= 4 is 40.2 Å². The van der Waals surface area contributed by atoms with Gasteiger partial charge in [0.25, 0.3) is 5.91 Å². The Morgan fingerprint density at radius 2 is 1.88 bits per heavy atom. The SMILES string of the molecule is Cc1ccc2c(Sc3ccc(Cl)cc3)c(C(=O)N3CCOCC3)[nH]c2c1. The highest BCUT2D eigenvalue weighted by Crippen LogP contribution is 2.38. The van der Waals surface area contributed by atoms with Crippen molar-refractivity contribution < 1.29 is 9.53 Å². The normalized spacial score (nSPS) is 14.8. The van der Waals surface area contributed by atoms with Crippen molar-refractivity contribution in [1.82, 2.24) is 9.88 Å². The predicted molar refractivity (Wildman–Crippen MR) is 105 cm³/mol. The van der Waals surface area contributed by atoms with Crippen LogP contribution < -0.4 is 0 Å². The molecule has 3 aromatic rings. The number of hydrogen-bond acceptors (Lipinski definition) is 3. The lowest BCUT2D eigenvalue weighted by Gasteiger charge is -2.26. The summed E-state index contributed by atoms with van der Waals surface area (Å²) < 4.78 is 5.38. The summed E-state index contributed by atoms with van der Waals surface area (Å²) in [5.74, 6) is 0.0265. The Balaban J connectivity index is 1.77. The number of aromatic nitrogens is 1. The molecule has 1 aromatic heterocycles. The first-order valence-corrected chi connectivity index (χ1v) is 9.74. The minimum Gasteiger partial charge on any atom is -0.378 e. The number of amides is 1. The van der Waals surface area contributed by atoms with Gasteiger partial charge in [-0.2, -0.15) is 0 Å². The van der Waals surface area contributed by atoms with Crippen molar-refractivity contribution in [3.05, 3.63) is 58.7 Å². The zero-order valence-electron chi connectivity index (χ0n) is 14.4. The van der Waals surface area contributed by atoms with Crippen molar-refractivity contribution in [2.24, 2.45) is 0 Å². The quantitative estimate of drug-likeness (QED) is 0.706.